The first-order valence-corrected chi connectivity index (χ1v) is 9.92. The van der Waals surface area contributed by atoms with Crippen LogP contribution in [0.25, 0.3) is 11.3 Å². The molecule has 1 heterocycles. The van der Waals surface area contributed by atoms with Gasteiger partial charge in [0.05, 0.1) is 16.3 Å². The maximum absolute atomic E-state index is 10.9. The first kappa shape index (κ1) is 19.0. The van der Waals surface area contributed by atoms with Gasteiger partial charge < -0.3 is 4.57 Å². The van der Waals surface area contributed by atoms with Gasteiger partial charge in [-0.25, -0.2) is 4.99 Å². The molecule has 2 aromatic carbocycles. The third-order valence-electron chi connectivity index (χ3n) is 4.49. The highest BCUT2D eigenvalue weighted by Crippen LogP contribution is 2.25. The number of nitro benzene ring substituents is 1. The Hall–Kier alpha value is -2.73. The van der Waals surface area contributed by atoms with Gasteiger partial charge in [-0.2, -0.15) is 0 Å². The molecule has 3 rings (SSSR count). The van der Waals surface area contributed by atoms with Crippen LogP contribution in [0.4, 0.5) is 11.4 Å². The molecule has 0 spiro atoms. The van der Waals surface area contributed by atoms with Crippen LogP contribution in [-0.2, 0) is 6.54 Å². The molecule has 1 aromatic heterocycles. The van der Waals surface area contributed by atoms with Crippen LogP contribution in [0.2, 0.25) is 0 Å². The maximum Gasteiger partial charge on any atom is 0.269 e. The normalized spacial score (nSPS) is 11.7. The van der Waals surface area contributed by atoms with Crippen LogP contribution in [-0.4, -0.2) is 9.49 Å². The molecule has 0 saturated heterocycles. The molecule has 5 nitrogen and oxygen atoms in total. The van der Waals surface area contributed by atoms with Gasteiger partial charge in [-0.05, 0) is 55.2 Å². The molecule has 0 aliphatic carbocycles. The summed E-state index contributed by atoms with van der Waals surface area (Å²) in [6.07, 6.45) is 2.14. The second-order valence-electron chi connectivity index (χ2n) is 6.61. The molecule has 0 atom stereocenters. The molecule has 0 amide bonds. The number of benzene rings is 2. The Kier molecular flexibility index (Phi) is 5.86. The summed E-state index contributed by atoms with van der Waals surface area (Å²) in [5, 5.41) is 13.0. The van der Waals surface area contributed by atoms with Gasteiger partial charge in [0.15, 0.2) is 4.80 Å². The molecule has 0 aliphatic heterocycles. The lowest BCUT2D eigenvalue weighted by Crippen LogP contribution is -2.16. The molecule has 0 N–H and O–H groups in total. The van der Waals surface area contributed by atoms with E-state index in [1.165, 1.54) is 5.56 Å². The molecule has 0 saturated carbocycles. The van der Waals surface area contributed by atoms with E-state index in [0.717, 1.165) is 46.7 Å². The Morgan fingerprint density at radius 3 is 2.56 bits per heavy atom. The summed E-state index contributed by atoms with van der Waals surface area (Å²) in [5.74, 6) is 0. The van der Waals surface area contributed by atoms with Crippen molar-refractivity contribution in [1.29, 1.82) is 0 Å². The number of thiazole rings is 1. The fourth-order valence-corrected chi connectivity index (χ4v) is 3.83. The van der Waals surface area contributed by atoms with Gasteiger partial charge in [0.1, 0.15) is 0 Å². The van der Waals surface area contributed by atoms with Crippen LogP contribution in [0.1, 0.15) is 30.9 Å². The summed E-state index contributed by atoms with van der Waals surface area (Å²) in [6, 6.07) is 13.0. The van der Waals surface area contributed by atoms with Gasteiger partial charge in [0.2, 0.25) is 0 Å². The lowest BCUT2D eigenvalue weighted by molar-refractivity contribution is -0.384. The van der Waals surface area contributed by atoms with E-state index in [9.17, 15) is 10.1 Å². The Balaban J connectivity index is 2.09. The zero-order valence-electron chi connectivity index (χ0n) is 15.8. The van der Waals surface area contributed by atoms with E-state index in [1.54, 1.807) is 23.5 Å². The van der Waals surface area contributed by atoms with Crippen molar-refractivity contribution >= 4 is 22.7 Å². The van der Waals surface area contributed by atoms with Gasteiger partial charge in [-0.15, -0.1) is 11.3 Å². The molecule has 3 aromatic rings. The van der Waals surface area contributed by atoms with E-state index in [4.69, 9.17) is 4.99 Å². The van der Waals surface area contributed by atoms with Crippen LogP contribution in [0.5, 0.6) is 0 Å². The largest absolute Gasteiger partial charge is 0.316 e. The van der Waals surface area contributed by atoms with Crippen molar-refractivity contribution in [1.82, 2.24) is 4.57 Å². The first-order valence-electron chi connectivity index (χ1n) is 9.04. The van der Waals surface area contributed by atoms with Gasteiger partial charge in [-0.3, -0.25) is 10.1 Å². The second-order valence-corrected chi connectivity index (χ2v) is 7.45. The highest BCUT2D eigenvalue weighted by molar-refractivity contribution is 7.07. The summed E-state index contributed by atoms with van der Waals surface area (Å²) in [7, 11) is 0. The fraction of sp³-hybridized carbons (Fsp3) is 0.286. The predicted molar refractivity (Wildman–Crippen MR) is 110 cm³/mol. The van der Waals surface area contributed by atoms with E-state index in [-0.39, 0.29) is 10.6 Å². The molecule has 140 valence electrons. The molecular weight excluding hydrogens is 358 g/mol. The van der Waals surface area contributed by atoms with Crippen molar-refractivity contribution in [2.45, 2.75) is 40.2 Å². The number of hydrogen-bond acceptors (Lipinski definition) is 4. The van der Waals surface area contributed by atoms with Gasteiger partial charge in [0.25, 0.3) is 5.69 Å². The van der Waals surface area contributed by atoms with E-state index < -0.39 is 0 Å². The van der Waals surface area contributed by atoms with Crippen LogP contribution in [0.3, 0.4) is 0 Å². The lowest BCUT2D eigenvalue weighted by Gasteiger charge is -2.09. The second kappa shape index (κ2) is 8.31. The molecule has 27 heavy (non-hydrogen) atoms. The smallest absolute Gasteiger partial charge is 0.269 e. The highest BCUT2D eigenvalue weighted by Gasteiger charge is 2.11. The van der Waals surface area contributed by atoms with Crippen molar-refractivity contribution in [3.63, 3.8) is 0 Å². The van der Waals surface area contributed by atoms with Crippen molar-refractivity contribution in [3.05, 3.63) is 73.9 Å². The molecular formula is C21H23N3O2S. The predicted octanol–water partition coefficient (Wildman–Crippen LogP) is 5.77. The lowest BCUT2D eigenvalue weighted by atomic mass is 10.1. The van der Waals surface area contributed by atoms with Crippen molar-refractivity contribution < 1.29 is 4.92 Å². The molecule has 6 heteroatoms. The third kappa shape index (κ3) is 4.34. The van der Waals surface area contributed by atoms with Crippen molar-refractivity contribution in [2.24, 2.45) is 4.99 Å². The minimum atomic E-state index is -0.371. The number of nitrogens with zero attached hydrogens (tertiary/aromatic N) is 3. The van der Waals surface area contributed by atoms with Gasteiger partial charge in [-0.1, -0.05) is 25.5 Å². The summed E-state index contributed by atoms with van der Waals surface area (Å²) >= 11 is 1.60. The monoisotopic (exact) mass is 381 g/mol. The van der Waals surface area contributed by atoms with E-state index >= 15 is 0 Å². The summed E-state index contributed by atoms with van der Waals surface area (Å²) in [6.45, 7) is 7.18. The van der Waals surface area contributed by atoms with E-state index in [2.05, 4.69) is 48.9 Å². The SMILES string of the molecule is CCCCn1c(-c2ccc([N+](=O)[O-])cc2)csc1=Nc1cc(C)ccc1C. The number of nitro groups is 1. The van der Waals surface area contributed by atoms with Gasteiger partial charge >= 0.3 is 0 Å². The van der Waals surface area contributed by atoms with Crippen molar-refractivity contribution in [3.8, 4) is 11.3 Å². The first-order chi connectivity index (χ1) is 13.0. The number of unbranched alkanes of at least 4 members (excludes halogenated alkanes) is 1. The van der Waals surface area contributed by atoms with E-state index in [0.29, 0.717) is 0 Å². The molecule has 0 unspecified atom stereocenters. The summed E-state index contributed by atoms with van der Waals surface area (Å²) in [4.78, 5) is 16.4. The van der Waals surface area contributed by atoms with Crippen LogP contribution in [0.15, 0.2) is 52.8 Å². The zero-order valence-corrected chi connectivity index (χ0v) is 16.6. The van der Waals surface area contributed by atoms with Crippen LogP contribution in [0, 0.1) is 24.0 Å². The van der Waals surface area contributed by atoms with Crippen molar-refractivity contribution in [2.75, 3.05) is 0 Å². The standard InChI is InChI=1S/C21H23N3O2S/c1-4-5-12-23-20(17-8-10-18(11-9-17)24(25)26)14-27-21(23)22-19-13-15(2)6-7-16(19)3/h6-11,13-14H,4-5,12H2,1-3H3. The third-order valence-corrected chi connectivity index (χ3v) is 5.35. The fourth-order valence-electron chi connectivity index (χ4n) is 2.88. The Bertz CT molecular complexity index is 1020. The minimum absolute atomic E-state index is 0.106. The average molecular weight is 382 g/mol. The van der Waals surface area contributed by atoms with Crippen LogP contribution >= 0.6 is 11.3 Å². The summed E-state index contributed by atoms with van der Waals surface area (Å²) in [5.41, 5.74) is 5.44. The Morgan fingerprint density at radius 1 is 1.15 bits per heavy atom. The average Bonchev–Trinajstić information content (AvgIpc) is 3.05. The Labute approximate surface area is 162 Å². The molecule has 0 fully saturated rings. The maximum atomic E-state index is 10.9. The minimum Gasteiger partial charge on any atom is -0.316 e. The molecule has 0 aliphatic rings. The van der Waals surface area contributed by atoms with Gasteiger partial charge in [0, 0.05) is 24.1 Å². The highest BCUT2D eigenvalue weighted by atomic mass is 32.1. The zero-order chi connectivity index (χ0) is 19.4. The number of aromatic nitrogens is 1. The summed E-state index contributed by atoms with van der Waals surface area (Å²) < 4.78 is 2.22. The molecule has 0 bridgehead atoms. The number of rotatable bonds is 6. The quantitative estimate of drug-likeness (QED) is 0.402. The number of aryl methyl sites for hydroxylation is 2. The number of non-ortho nitro benzene ring substituents is 1. The molecule has 0 radical (unpaired) electrons. The van der Waals surface area contributed by atoms with Crippen LogP contribution < -0.4 is 4.80 Å². The van der Waals surface area contributed by atoms with E-state index in [1.807, 2.05) is 12.1 Å². The Morgan fingerprint density at radius 2 is 1.89 bits per heavy atom. The topological polar surface area (TPSA) is 60.4 Å². The number of hydrogen-bond donors (Lipinski definition) is 0.